The number of anilines is 1. The third-order valence-corrected chi connectivity index (χ3v) is 6.09. The van der Waals surface area contributed by atoms with E-state index >= 15 is 0 Å². The average Bonchev–Trinajstić information content (AvgIpc) is 2.63. The van der Waals surface area contributed by atoms with E-state index in [2.05, 4.69) is 4.90 Å². The van der Waals surface area contributed by atoms with Crippen LogP contribution >= 0.6 is 46.4 Å². The molecule has 0 fully saturated rings. The lowest BCUT2D eigenvalue weighted by Crippen LogP contribution is -2.22. The first kappa shape index (κ1) is 21.8. The minimum Gasteiger partial charge on any atom is -0.478 e. The average molecular weight is 449 g/mol. The summed E-state index contributed by atoms with van der Waals surface area (Å²) < 4.78 is 0. The van der Waals surface area contributed by atoms with E-state index in [1.165, 1.54) is 0 Å². The fourth-order valence-electron chi connectivity index (χ4n) is 2.87. The van der Waals surface area contributed by atoms with Crippen LogP contribution in [0.15, 0.2) is 18.2 Å². The van der Waals surface area contributed by atoms with Crippen LogP contribution in [-0.2, 0) is 0 Å². The summed E-state index contributed by atoms with van der Waals surface area (Å²) in [7, 11) is 0. The van der Waals surface area contributed by atoms with Crippen LogP contribution in [0.5, 0.6) is 0 Å². The van der Waals surface area contributed by atoms with Gasteiger partial charge in [-0.2, -0.15) is 0 Å². The summed E-state index contributed by atoms with van der Waals surface area (Å²) in [5, 5.41) is 8.61. The maximum absolute atomic E-state index is 13.1. The van der Waals surface area contributed by atoms with Crippen molar-refractivity contribution in [3.63, 3.8) is 0 Å². The van der Waals surface area contributed by atoms with E-state index in [4.69, 9.17) is 46.4 Å². The maximum Gasteiger partial charge on any atom is 0.338 e. The molecule has 0 aliphatic rings. The number of hydrogen-bond acceptors (Lipinski definition) is 3. The summed E-state index contributed by atoms with van der Waals surface area (Å²) in [6.07, 6.45) is 0. The van der Waals surface area contributed by atoms with Crippen LogP contribution in [0.1, 0.15) is 45.7 Å². The van der Waals surface area contributed by atoms with Crippen molar-refractivity contribution in [2.75, 3.05) is 18.0 Å². The third-order valence-electron chi connectivity index (χ3n) is 4.29. The van der Waals surface area contributed by atoms with Crippen molar-refractivity contribution < 1.29 is 14.7 Å². The number of ketones is 1. The molecule has 0 saturated heterocycles. The molecule has 1 N–H and O–H groups in total. The number of halogens is 4. The molecule has 2 aromatic rings. The zero-order valence-electron chi connectivity index (χ0n) is 14.9. The molecular formula is C19H17Cl4NO3. The summed E-state index contributed by atoms with van der Waals surface area (Å²) in [5.41, 5.74) is 1.21. The lowest BCUT2D eigenvalue weighted by atomic mass is 9.94. The van der Waals surface area contributed by atoms with Gasteiger partial charge >= 0.3 is 5.97 Å². The Morgan fingerprint density at radius 3 is 1.89 bits per heavy atom. The highest BCUT2D eigenvalue weighted by Crippen LogP contribution is 2.42. The number of nitrogens with zero attached hydrogens (tertiary/aromatic N) is 1. The second kappa shape index (κ2) is 8.70. The molecule has 0 amide bonds. The summed E-state index contributed by atoms with van der Waals surface area (Å²) in [4.78, 5) is 27.0. The first-order valence-electron chi connectivity index (χ1n) is 8.15. The van der Waals surface area contributed by atoms with Gasteiger partial charge in [0.2, 0.25) is 0 Å². The molecule has 0 spiro atoms. The zero-order valence-corrected chi connectivity index (χ0v) is 17.9. The van der Waals surface area contributed by atoms with Gasteiger partial charge in [0, 0.05) is 24.3 Å². The van der Waals surface area contributed by atoms with Crippen LogP contribution in [-0.4, -0.2) is 29.9 Å². The highest BCUT2D eigenvalue weighted by Gasteiger charge is 2.30. The Morgan fingerprint density at radius 2 is 1.44 bits per heavy atom. The SMILES string of the molecule is CCN(CC)c1ccc(C(=O)c2c(Cl)c(Cl)c(Cl)c(Cl)c2C(=O)O)c(C)c1. The highest BCUT2D eigenvalue weighted by atomic mass is 35.5. The molecule has 0 aliphatic heterocycles. The molecule has 0 aromatic heterocycles. The molecule has 0 radical (unpaired) electrons. The third kappa shape index (κ3) is 4.04. The predicted octanol–water partition coefficient (Wildman–Crippen LogP) is 6.38. The number of aryl methyl sites for hydroxylation is 1. The monoisotopic (exact) mass is 447 g/mol. The second-order valence-corrected chi connectivity index (χ2v) is 7.32. The molecule has 4 nitrogen and oxygen atoms in total. The summed E-state index contributed by atoms with van der Waals surface area (Å²) >= 11 is 24.2. The molecule has 144 valence electrons. The molecule has 27 heavy (non-hydrogen) atoms. The zero-order chi connectivity index (χ0) is 20.5. The molecule has 2 rings (SSSR count). The molecule has 0 saturated carbocycles. The van der Waals surface area contributed by atoms with Crippen LogP contribution in [0.4, 0.5) is 5.69 Å². The Labute approximate surface area is 177 Å². The Hall–Kier alpha value is -1.46. The standard InChI is InChI=1S/C19H17Cl4NO3/c1-4-24(5-2)10-6-7-11(9(3)8-10)18(25)12-13(19(26)27)15(21)17(23)16(22)14(12)20/h6-8H,4-5H2,1-3H3,(H,26,27). The minimum absolute atomic E-state index is 0.158. The van der Waals surface area contributed by atoms with Gasteiger partial charge in [-0.15, -0.1) is 0 Å². The van der Waals surface area contributed by atoms with Gasteiger partial charge in [-0.1, -0.05) is 46.4 Å². The number of rotatable bonds is 6. The van der Waals surface area contributed by atoms with E-state index in [-0.39, 0.29) is 25.7 Å². The largest absolute Gasteiger partial charge is 0.478 e. The molecular weight excluding hydrogens is 432 g/mol. The van der Waals surface area contributed by atoms with E-state index in [0.29, 0.717) is 11.1 Å². The number of carboxylic acids is 1. The fourth-order valence-corrected chi connectivity index (χ4v) is 3.89. The van der Waals surface area contributed by atoms with Crippen molar-refractivity contribution >= 4 is 63.8 Å². The summed E-state index contributed by atoms with van der Waals surface area (Å²) in [5.74, 6) is -2.00. The van der Waals surface area contributed by atoms with Gasteiger partial charge in [0.05, 0.1) is 31.2 Å². The van der Waals surface area contributed by atoms with Gasteiger partial charge in [-0.05, 0) is 44.5 Å². The first-order valence-corrected chi connectivity index (χ1v) is 9.66. The van der Waals surface area contributed by atoms with Crippen molar-refractivity contribution in [1.29, 1.82) is 0 Å². The highest BCUT2D eigenvalue weighted by molar-refractivity contribution is 6.54. The molecule has 8 heteroatoms. The molecule has 0 aliphatic carbocycles. The van der Waals surface area contributed by atoms with Gasteiger partial charge in [0.15, 0.2) is 5.78 Å². The number of aromatic carboxylic acids is 1. The van der Waals surface area contributed by atoms with E-state index in [9.17, 15) is 14.7 Å². The van der Waals surface area contributed by atoms with Crippen molar-refractivity contribution in [3.05, 3.63) is 60.5 Å². The quantitative estimate of drug-likeness (QED) is 0.316. The van der Waals surface area contributed by atoms with Crippen molar-refractivity contribution in [2.45, 2.75) is 20.8 Å². The first-order chi connectivity index (χ1) is 12.6. The Balaban J connectivity index is 2.67. The van der Waals surface area contributed by atoms with Crippen molar-refractivity contribution in [1.82, 2.24) is 0 Å². The minimum atomic E-state index is -1.42. The lowest BCUT2D eigenvalue weighted by Gasteiger charge is -2.22. The topological polar surface area (TPSA) is 57.6 Å². The van der Waals surface area contributed by atoms with Gasteiger partial charge in [-0.25, -0.2) is 4.79 Å². The maximum atomic E-state index is 13.1. The van der Waals surface area contributed by atoms with Crippen LogP contribution in [0.2, 0.25) is 20.1 Å². The van der Waals surface area contributed by atoms with Gasteiger partial charge < -0.3 is 10.0 Å². The van der Waals surface area contributed by atoms with E-state index in [1.54, 1.807) is 19.1 Å². The fraction of sp³-hybridized carbons (Fsp3) is 0.263. The second-order valence-electron chi connectivity index (χ2n) is 5.81. The van der Waals surface area contributed by atoms with Crippen LogP contribution in [0.3, 0.4) is 0 Å². The normalized spacial score (nSPS) is 10.8. The van der Waals surface area contributed by atoms with Gasteiger partial charge in [-0.3, -0.25) is 4.79 Å². The Kier molecular flexibility index (Phi) is 7.03. The Morgan fingerprint density at radius 1 is 0.926 bits per heavy atom. The van der Waals surface area contributed by atoms with Crippen LogP contribution < -0.4 is 4.90 Å². The van der Waals surface area contributed by atoms with E-state index in [0.717, 1.165) is 18.8 Å². The molecule has 0 heterocycles. The number of hydrogen-bond donors (Lipinski definition) is 1. The van der Waals surface area contributed by atoms with E-state index in [1.807, 2.05) is 19.9 Å². The molecule has 0 atom stereocenters. The molecule has 0 unspecified atom stereocenters. The number of carbonyl (C=O) groups excluding carboxylic acids is 1. The summed E-state index contributed by atoms with van der Waals surface area (Å²) in [6.45, 7) is 7.48. The predicted molar refractivity (Wildman–Crippen MR) is 112 cm³/mol. The molecule has 0 bridgehead atoms. The van der Waals surface area contributed by atoms with Gasteiger partial charge in [0.25, 0.3) is 0 Å². The van der Waals surface area contributed by atoms with Crippen LogP contribution in [0.25, 0.3) is 0 Å². The Bertz CT molecular complexity index is 924. The van der Waals surface area contributed by atoms with E-state index < -0.39 is 17.3 Å². The number of carbonyl (C=O) groups is 2. The van der Waals surface area contributed by atoms with Crippen molar-refractivity contribution in [2.24, 2.45) is 0 Å². The number of benzene rings is 2. The van der Waals surface area contributed by atoms with Gasteiger partial charge in [0.1, 0.15) is 0 Å². The summed E-state index contributed by atoms with van der Waals surface area (Å²) in [6, 6.07) is 5.32. The number of carboxylic acid groups (broad SMARTS) is 1. The molecule has 2 aromatic carbocycles. The lowest BCUT2D eigenvalue weighted by molar-refractivity contribution is 0.0693. The van der Waals surface area contributed by atoms with Crippen molar-refractivity contribution in [3.8, 4) is 0 Å². The smallest absolute Gasteiger partial charge is 0.338 e. The van der Waals surface area contributed by atoms with Crippen LogP contribution in [0, 0.1) is 6.92 Å².